The quantitative estimate of drug-likeness (QED) is 0.846. The van der Waals surface area contributed by atoms with Crippen molar-refractivity contribution < 1.29 is 0 Å². The lowest BCUT2D eigenvalue weighted by molar-refractivity contribution is 1.19. The largest absolute Gasteiger partial charge is 0.389 e. The topological polar surface area (TPSA) is 50.9 Å². The van der Waals surface area contributed by atoms with Gasteiger partial charge in [0, 0.05) is 16.4 Å². The lowest BCUT2D eigenvalue weighted by atomic mass is 10.2. The maximum atomic E-state index is 5.94. The average Bonchev–Trinajstić information content (AvgIpc) is 2.32. The summed E-state index contributed by atoms with van der Waals surface area (Å²) in [4.78, 5) is 4.76. The van der Waals surface area contributed by atoms with Crippen LogP contribution in [0, 0.1) is 13.8 Å². The van der Waals surface area contributed by atoms with Gasteiger partial charge < -0.3 is 11.1 Å². The fraction of sp³-hybridized carbons (Fsp3) is 0.143. The monoisotopic (exact) mass is 291 g/mol. The van der Waals surface area contributed by atoms with Crippen LogP contribution in [0.2, 0.25) is 5.02 Å². The normalized spacial score (nSPS) is 10.3. The highest BCUT2D eigenvalue weighted by molar-refractivity contribution is 7.80. The number of nitrogens with two attached hydrogens (primary N) is 1. The summed E-state index contributed by atoms with van der Waals surface area (Å²) in [7, 11) is 0. The lowest BCUT2D eigenvalue weighted by Gasteiger charge is -2.13. The van der Waals surface area contributed by atoms with E-state index in [9.17, 15) is 0 Å². The molecule has 0 atom stereocenters. The first-order valence-electron chi connectivity index (χ1n) is 5.78. The maximum Gasteiger partial charge on any atom is 0.140 e. The molecule has 5 heteroatoms. The van der Waals surface area contributed by atoms with Gasteiger partial charge in [0.25, 0.3) is 0 Å². The molecule has 2 rings (SSSR count). The molecule has 0 radical (unpaired) electrons. The van der Waals surface area contributed by atoms with E-state index >= 15 is 0 Å². The standard InChI is InChI=1S/C14H14ClN3S/c1-8-7-10(15)4-6-12(8)18-14-11(13(16)19)5-3-9(2)17-14/h3-7H,1-2H3,(H2,16,19)(H,17,18). The average molecular weight is 292 g/mol. The van der Waals surface area contributed by atoms with Crippen molar-refractivity contribution in [3.05, 3.63) is 52.2 Å². The van der Waals surface area contributed by atoms with Gasteiger partial charge in [-0.25, -0.2) is 4.98 Å². The Morgan fingerprint density at radius 2 is 2.00 bits per heavy atom. The number of thiocarbonyl (C=S) groups is 1. The van der Waals surface area contributed by atoms with Crippen molar-refractivity contribution in [2.45, 2.75) is 13.8 Å². The maximum absolute atomic E-state index is 5.94. The highest BCUT2D eigenvalue weighted by Gasteiger charge is 2.09. The van der Waals surface area contributed by atoms with Crippen LogP contribution in [0.1, 0.15) is 16.8 Å². The number of hydrogen-bond acceptors (Lipinski definition) is 3. The van der Waals surface area contributed by atoms with Gasteiger partial charge in [0.15, 0.2) is 0 Å². The highest BCUT2D eigenvalue weighted by Crippen LogP contribution is 2.24. The van der Waals surface area contributed by atoms with Crippen molar-refractivity contribution in [1.82, 2.24) is 4.98 Å². The predicted molar refractivity (Wildman–Crippen MR) is 84.3 cm³/mol. The molecule has 1 heterocycles. The lowest BCUT2D eigenvalue weighted by Crippen LogP contribution is -2.13. The first kappa shape index (κ1) is 13.8. The smallest absolute Gasteiger partial charge is 0.140 e. The van der Waals surface area contributed by atoms with Gasteiger partial charge in [-0.05, 0) is 49.7 Å². The summed E-state index contributed by atoms with van der Waals surface area (Å²) in [5, 5.41) is 3.96. The summed E-state index contributed by atoms with van der Waals surface area (Å²) in [6.45, 7) is 3.90. The molecule has 0 aliphatic rings. The Hall–Kier alpha value is -1.65. The molecule has 3 N–H and O–H groups in total. The molecule has 3 nitrogen and oxygen atoms in total. The van der Waals surface area contributed by atoms with Crippen molar-refractivity contribution in [2.24, 2.45) is 5.73 Å². The molecule has 0 aliphatic heterocycles. The minimum atomic E-state index is 0.321. The second-order valence-corrected chi connectivity index (χ2v) is 5.17. The number of aromatic nitrogens is 1. The molecule has 0 bridgehead atoms. The second-order valence-electron chi connectivity index (χ2n) is 4.30. The molecular weight excluding hydrogens is 278 g/mol. The Morgan fingerprint density at radius 1 is 1.26 bits per heavy atom. The summed E-state index contributed by atoms with van der Waals surface area (Å²) < 4.78 is 0. The van der Waals surface area contributed by atoms with Crippen LogP contribution in [0.3, 0.4) is 0 Å². The summed E-state index contributed by atoms with van der Waals surface area (Å²) in [5.74, 6) is 0.665. The van der Waals surface area contributed by atoms with Gasteiger partial charge in [-0.1, -0.05) is 23.8 Å². The number of nitrogens with zero attached hydrogens (tertiary/aromatic N) is 1. The Kier molecular flexibility index (Phi) is 4.02. The van der Waals surface area contributed by atoms with Gasteiger partial charge in [-0.15, -0.1) is 0 Å². The zero-order valence-electron chi connectivity index (χ0n) is 10.7. The molecule has 0 fully saturated rings. The number of rotatable bonds is 3. The molecule has 19 heavy (non-hydrogen) atoms. The third-order valence-corrected chi connectivity index (χ3v) is 3.20. The third kappa shape index (κ3) is 3.22. The van der Waals surface area contributed by atoms with E-state index in [0.717, 1.165) is 22.5 Å². The van der Waals surface area contributed by atoms with Crippen LogP contribution in [0.4, 0.5) is 11.5 Å². The first-order valence-corrected chi connectivity index (χ1v) is 6.56. The molecule has 0 unspecified atom stereocenters. The van der Waals surface area contributed by atoms with Gasteiger partial charge in [-0.2, -0.15) is 0 Å². The fourth-order valence-electron chi connectivity index (χ4n) is 1.75. The third-order valence-electron chi connectivity index (χ3n) is 2.74. The number of halogens is 1. The van der Waals surface area contributed by atoms with E-state index in [-0.39, 0.29) is 0 Å². The number of pyridine rings is 1. The van der Waals surface area contributed by atoms with Crippen molar-refractivity contribution in [3.8, 4) is 0 Å². The number of anilines is 2. The van der Waals surface area contributed by atoms with E-state index in [1.165, 1.54) is 0 Å². The molecule has 0 saturated heterocycles. The molecule has 98 valence electrons. The second kappa shape index (κ2) is 5.55. The molecule has 0 saturated carbocycles. The molecule has 0 spiro atoms. The first-order chi connectivity index (χ1) is 8.97. The van der Waals surface area contributed by atoms with Gasteiger partial charge in [0.05, 0.1) is 5.56 Å². The Morgan fingerprint density at radius 3 is 2.63 bits per heavy atom. The van der Waals surface area contributed by atoms with E-state index in [1.807, 2.05) is 44.2 Å². The minimum absolute atomic E-state index is 0.321. The van der Waals surface area contributed by atoms with Crippen LogP contribution < -0.4 is 11.1 Å². The SMILES string of the molecule is Cc1ccc(C(N)=S)c(Nc2ccc(Cl)cc2C)n1. The Labute approximate surface area is 122 Å². The van der Waals surface area contributed by atoms with Crippen molar-refractivity contribution in [2.75, 3.05) is 5.32 Å². The Bertz CT molecular complexity index is 641. The minimum Gasteiger partial charge on any atom is -0.389 e. The van der Waals surface area contributed by atoms with Crippen LogP contribution in [0.25, 0.3) is 0 Å². The number of hydrogen-bond donors (Lipinski definition) is 2. The molecular formula is C14H14ClN3S. The van der Waals surface area contributed by atoms with E-state index in [1.54, 1.807) is 0 Å². The summed E-state index contributed by atoms with van der Waals surface area (Å²) in [6.07, 6.45) is 0. The van der Waals surface area contributed by atoms with Crippen molar-refractivity contribution >= 4 is 40.3 Å². The predicted octanol–water partition coefficient (Wildman–Crippen LogP) is 3.73. The molecule has 0 amide bonds. The van der Waals surface area contributed by atoms with Gasteiger partial charge >= 0.3 is 0 Å². The van der Waals surface area contributed by atoms with Crippen molar-refractivity contribution in [3.63, 3.8) is 0 Å². The summed E-state index contributed by atoms with van der Waals surface area (Å²) >= 11 is 11.0. The molecule has 2 aromatic rings. The van der Waals surface area contributed by atoms with Gasteiger partial charge in [0.2, 0.25) is 0 Å². The highest BCUT2D eigenvalue weighted by atomic mass is 35.5. The molecule has 1 aromatic heterocycles. The van der Waals surface area contributed by atoms with E-state index < -0.39 is 0 Å². The summed E-state index contributed by atoms with van der Waals surface area (Å²) in [5.41, 5.74) is 9.30. The fourth-order valence-corrected chi connectivity index (χ4v) is 2.14. The zero-order valence-corrected chi connectivity index (χ0v) is 12.3. The zero-order chi connectivity index (χ0) is 14.0. The van der Waals surface area contributed by atoms with E-state index in [0.29, 0.717) is 15.8 Å². The number of nitrogens with one attached hydrogen (secondary N) is 1. The van der Waals surface area contributed by atoms with Crippen LogP contribution >= 0.6 is 23.8 Å². The summed E-state index contributed by atoms with van der Waals surface area (Å²) in [6, 6.07) is 9.38. The van der Waals surface area contributed by atoms with Crippen LogP contribution in [0.15, 0.2) is 30.3 Å². The van der Waals surface area contributed by atoms with E-state index in [4.69, 9.17) is 29.6 Å². The molecule has 1 aromatic carbocycles. The number of benzene rings is 1. The van der Waals surface area contributed by atoms with E-state index in [2.05, 4.69) is 10.3 Å². The molecule has 0 aliphatic carbocycles. The van der Waals surface area contributed by atoms with Gasteiger partial charge in [0.1, 0.15) is 10.8 Å². The number of aryl methyl sites for hydroxylation is 2. The van der Waals surface area contributed by atoms with Crippen molar-refractivity contribution in [1.29, 1.82) is 0 Å². The van der Waals surface area contributed by atoms with Crippen LogP contribution in [0.5, 0.6) is 0 Å². The Balaban J connectivity index is 2.42. The van der Waals surface area contributed by atoms with Crippen LogP contribution in [-0.2, 0) is 0 Å². The van der Waals surface area contributed by atoms with Gasteiger partial charge in [-0.3, -0.25) is 0 Å². The van der Waals surface area contributed by atoms with Crippen LogP contribution in [-0.4, -0.2) is 9.97 Å².